The maximum absolute atomic E-state index is 11.5. The van der Waals surface area contributed by atoms with Crippen molar-refractivity contribution in [3.05, 3.63) is 116 Å². The lowest BCUT2D eigenvalue weighted by Crippen LogP contribution is -2.13. The van der Waals surface area contributed by atoms with Gasteiger partial charge < -0.3 is 40.6 Å². The minimum absolute atomic E-state index is 0.259. The highest BCUT2D eigenvalue weighted by Gasteiger charge is 2.27. The van der Waals surface area contributed by atoms with Crippen LogP contribution in [0.1, 0.15) is 68.5 Å². The van der Waals surface area contributed by atoms with Gasteiger partial charge in [-0.25, -0.2) is 4.68 Å². The van der Waals surface area contributed by atoms with Crippen LogP contribution in [-0.4, -0.2) is 70.2 Å². The largest absolute Gasteiger partial charge is 0.497 e. The summed E-state index contributed by atoms with van der Waals surface area (Å²) in [6.45, 7) is 3.57. The van der Waals surface area contributed by atoms with E-state index in [1.54, 1.807) is 28.4 Å². The molecular weight excluding hydrogens is 789 g/mol. The number of hydrogen-bond acceptors (Lipinski definition) is 10. The first-order chi connectivity index (χ1) is 29.8. The highest BCUT2D eigenvalue weighted by molar-refractivity contribution is 5.75. The van der Waals surface area contributed by atoms with Gasteiger partial charge in [-0.05, 0) is 145 Å². The fraction of sp³-hybridized carbons (Fsp3) is 0.333. The molecule has 8 rings (SSSR count). The minimum Gasteiger partial charge on any atom is -0.497 e. The number of aryl methyl sites for hydroxylation is 2. The van der Waals surface area contributed by atoms with Crippen LogP contribution < -0.4 is 30.4 Å². The predicted molar refractivity (Wildman–Crippen MR) is 238 cm³/mol. The molecule has 2 aromatic heterocycles. The van der Waals surface area contributed by atoms with E-state index in [1.165, 1.54) is 42.7 Å². The van der Waals surface area contributed by atoms with Gasteiger partial charge in [0.05, 0.1) is 39.8 Å². The van der Waals surface area contributed by atoms with Gasteiger partial charge in [-0.2, -0.15) is 10.2 Å². The molecule has 2 aliphatic carbocycles. The predicted octanol–water partition coefficient (Wildman–Crippen LogP) is 7.24. The van der Waals surface area contributed by atoms with Crippen LogP contribution >= 0.6 is 0 Å². The maximum Gasteiger partial charge on any atom is 0.325 e. The summed E-state index contributed by atoms with van der Waals surface area (Å²) in [5.41, 5.74) is 27.3. The van der Waals surface area contributed by atoms with E-state index in [0.717, 1.165) is 101 Å². The van der Waals surface area contributed by atoms with Crippen LogP contribution in [0, 0.1) is 13.8 Å². The molecule has 2 heterocycles. The lowest BCUT2D eigenvalue weighted by atomic mass is 9.92. The highest BCUT2D eigenvalue weighted by Crippen LogP contribution is 2.41. The van der Waals surface area contributed by atoms with Crippen LogP contribution in [0.15, 0.2) is 60.7 Å². The number of ether oxygens (including phenoxy) is 4. The SMILES string of the molecule is COc1ccc(-c2c(Cc3cc(C)c(OC)c4c3CCC4)c(N)nn2CC(=O)O)cc1.COc1ccc(-c2nn(CC(=O)O)c(N)c2Cc2cc(C)c(OC)c3c2CCC3)cc1. The Balaban J connectivity index is 0.000000186. The summed E-state index contributed by atoms with van der Waals surface area (Å²) < 4.78 is 24.7. The molecule has 0 saturated heterocycles. The summed E-state index contributed by atoms with van der Waals surface area (Å²) in [6.07, 6.45) is 7.38. The number of aliphatic carboxylic acids is 2. The minimum atomic E-state index is -0.983. The van der Waals surface area contributed by atoms with Crippen molar-refractivity contribution in [3.8, 4) is 45.5 Å². The van der Waals surface area contributed by atoms with E-state index >= 15 is 0 Å². The molecule has 0 amide bonds. The molecule has 0 bridgehead atoms. The summed E-state index contributed by atoms with van der Waals surface area (Å²) in [5.74, 6) is 2.20. The fourth-order valence-electron chi connectivity index (χ4n) is 9.19. The Bertz CT molecular complexity index is 2560. The normalized spacial score (nSPS) is 12.6. The number of fused-ring (bicyclic) bond motifs is 2. The molecule has 0 radical (unpaired) electrons. The summed E-state index contributed by atoms with van der Waals surface area (Å²) >= 11 is 0. The Morgan fingerprint density at radius 3 is 1.53 bits per heavy atom. The van der Waals surface area contributed by atoms with Gasteiger partial charge in [-0.3, -0.25) is 14.3 Å². The molecule has 14 nitrogen and oxygen atoms in total. The number of methoxy groups -OCH3 is 4. The number of nitrogens with zero attached hydrogens (tertiary/aromatic N) is 4. The van der Waals surface area contributed by atoms with Crippen molar-refractivity contribution in [3.63, 3.8) is 0 Å². The van der Waals surface area contributed by atoms with Crippen molar-refractivity contribution in [2.24, 2.45) is 0 Å². The van der Waals surface area contributed by atoms with Gasteiger partial charge in [0.15, 0.2) is 0 Å². The zero-order valence-electron chi connectivity index (χ0n) is 36.1. The molecule has 2 aliphatic rings. The third kappa shape index (κ3) is 8.63. The number of nitrogen functional groups attached to an aromatic ring is 2. The van der Waals surface area contributed by atoms with Gasteiger partial charge in [-0.1, -0.05) is 12.1 Å². The Morgan fingerprint density at radius 1 is 0.613 bits per heavy atom. The Kier molecular flexibility index (Phi) is 12.8. The van der Waals surface area contributed by atoms with E-state index in [1.807, 2.05) is 48.5 Å². The molecule has 0 saturated carbocycles. The number of carboxylic acid groups (broad SMARTS) is 2. The summed E-state index contributed by atoms with van der Waals surface area (Å²) in [5, 5.41) is 27.6. The van der Waals surface area contributed by atoms with Crippen molar-refractivity contribution in [1.82, 2.24) is 19.6 Å². The van der Waals surface area contributed by atoms with Gasteiger partial charge in [0, 0.05) is 35.1 Å². The number of aromatic nitrogens is 4. The zero-order valence-corrected chi connectivity index (χ0v) is 36.1. The number of benzene rings is 4. The first-order valence-corrected chi connectivity index (χ1v) is 20.6. The van der Waals surface area contributed by atoms with Gasteiger partial charge >= 0.3 is 11.9 Å². The first kappa shape index (κ1) is 43.1. The standard InChI is InChI=1S/2C24H27N3O4/c1-14-11-16(18-5-4-6-19(18)23(14)31-3)12-20-22(15-7-9-17(30-2)10-8-15)27(13-21(28)29)26-24(20)25;1-14-11-16(18-5-4-6-19(18)23(14)31-3)12-20-22(15-7-9-17(30-2)10-8-15)26-27(24(20)25)13-21(28)29/h7-11H,4-6,12-13H2,1-3H3,(H2,25,26)(H,28,29);7-11H,4-6,12-13,25H2,1-3H3,(H,28,29). The van der Waals surface area contributed by atoms with Crippen LogP contribution in [0.25, 0.3) is 22.5 Å². The molecule has 0 fully saturated rings. The lowest BCUT2D eigenvalue weighted by molar-refractivity contribution is -0.138. The number of anilines is 2. The summed E-state index contributed by atoms with van der Waals surface area (Å²) in [6, 6.07) is 19.4. The molecule has 0 atom stereocenters. The quantitative estimate of drug-likeness (QED) is 0.0858. The zero-order chi connectivity index (χ0) is 44.2. The molecule has 62 heavy (non-hydrogen) atoms. The van der Waals surface area contributed by atoms with Crippen molar-refractivity contribution < 1.29 is 38.7 Å². The van der Waals surface area contributed by atoms with E-state index in [0.29, 0.717) is 30.2 Å². The van der Waals surface area contributed by atoms with Crippen LogP contribution in [-0.2, 0) is 61.2 Å². The number of carboxylic acids is 2. The van der Waals surface area contributed by atoms with Crippen LogP contribution in [0.3, 0.4) is 0 Å². The van der Waals surface area contributed by atoms with Crippen molar-refractivity contribution in [2.75, 3.05) is 39.9 Å². The molecule has 14 heteroatoms. The van der Waals surface area contributed by atoms with E-state index in [-0.39, 0.29) is 13.1 Å². The molecule has 0 aliphatic heterocycles. The Labute approximate surface area is 361 Å². The fourth-order valence-corrected chi connectivity index (χ4v) is 9.19. The van der Waals surface area contributed by atoms with Gasteiger partial charge in [0.25, 0.3) is 0 Å². The van der Waals surface area contributed by atoms with E-state index in [9.17, 15) is 19.8 Å². The van der Waals surface area contributed by atoms with Crippen molar-refractivity contribution in [2.45, 2.75) is 78.3 Å². The van der Waals surface area contributed by atoms with E-state index in [4.69, 9.17) is 30.4 Å². The lowest BCUT2D eigenvalue weighted by Gasteiger charge is -2.16. The van der Waals surface area contributed by atoms with Crippen LogP contribution in [0.5, 0.6) is 23.0 Å². The van der Waals surface area contributed by atoms with Gasteiger partial charge in [0.2, 0.25) is 0 Å². The first-order valence-electron chi connectivity index (χ1n) is 20.6. The van der Waals surface area contributed by atoms with E-state index in [2.05, 4.69) is 36.2 Å². The summed E-state index contributed by atoms with van der Waals surface area (Å²) in [7, 11) is 6.67. The van der Waals surface area contributed by atoms with Crippen LogP contribution in [0.2, 0.25) is 0 Å². The van der Waals surface area contributed by atoms with Crippen LogP contribution in [0.4, 0.5) is 11.6 Å². The smallest absolute Gasteiger partial charge is 0.325 e. The molecule has 0 spiro atoms. The summed E-state index contributed by atoms with van der Waals surface area (Å²) in [4.78, 5) is 22.8. The molecule has 6 N–H and O–H groups in total. The highest BCUT2D eigenvalue weighted by atomic mass is 16.5. The number of carbonyl (C=O) groups is 2. The number of nitrogens with two attached hydrogens (primary N) is 2. The third-order valence-corrected chi connectivity index (χ3v) is 11.9. The second kappa shape index (κ2) is 18.3. The number of rotatable bonds is 14. The molecule has 0 unspecified atom stereocenters. The average Bonchev–Trinajstić information content (AvgIpc) is 4.06. The third-order valence-electron chi connectivity index (χ3n) is 11.9. The molecule has 4 aromatic carbocycles. The second-order valence-electron chi connectivity index (χ2n) is 15.7. The molecule has 6 aromatic rings. The number of hydrogen-bond donors (Lipinski definition) is 4. The van der Waals surface area contributed by atoms with Crippen molar-refractivity contribution >= 4 is 23.6 Å². The monoisotopic (exact) mass is 842 g/mol. The van der Waals surface area contributed by atoms with Crippen molar-refractivity contribution in [1.29, 1.82) is 0 Å². The molecular formula is C48H54N6O8. The average molecular weight is 843 g/mol. The van der Waals surface area contributed by atoms with Gasteiger partial charge in [0.1, 0.15) is 47.7 Å². The second-order valence-corrected chi connectivity index (χ2v) is 15.7. The Morgan fingerprint density at radius 2 is 1.06 bits per heavy atom. The maximum atomic E-state index is 11.5. The Hall–Kier alpha value is -6.96. The topological polar surface area (TPSA) is 199 Å². The van der Waals surface area contributed by atoms with E-state index < -0.39 is 11.9 Å². The van der Waals surface area contributed by atoms with Gasteiger partial charge in [-0.15, -0.1) is 0 Å². The molecule has 324 valence electrons.